The molecule has 0 spiro atoms. The lowest BCUT2D eigenvalue weighted by atomic mass is 10.1. The van der Waals surface area contributed by atoms with Gasteiger partial charge in [0.15, 0.2) is 0 Å². The monoisotopic (exact) mass is 379 g/mol. The predicted octanol–water partition coefficient (Wildman–Crippen LogP) is 4.67. The molecule has 0 saturated carbocycles. The number of fused-ring (bicyclic) bond motifs is 1. The molecule has 0 radical (unpaired) electrons. The van der Waals surface area contributed by atoms with Gasteiger partial charge in [-0.3, -0.25) is 4.79 Å². The Kier molecular flexibility index (Phi) is 4.14. The molecule has 29 heavy (non-hydrogen) atoms. The number of carbonyl (C=O) groups is 1. The summed E-state index contributed by atoms with van der Waals surface area (Å²) in [5.74, 6) is 0.602. The van der Waals surface area contributed by atoms with Crippen LogP contribution < -0.4 is 5.32 Å². The van der Waals surface area contributed by atoms with Gasteiger partial charge in [0.2, 0.25) is 0 Å². The zero-order valence-corrected chi connectivity index (χ0v) is 15.4. The van der Waals surface area contributed by atoms with Crippen LogP contribution in [0.4, 0.5) is 5.69 Å². The SMILES string of the molecule is O=C(Nc1cccc(-c2nc3ccccc3[nH]2)c1)c1ccc(-n2cccn2)cc1. The highest BCUT2D eigenvalue weighted by atomic mass is 16.1. The van der Waals surface area contributed by atoms with E-state index in [1.54, 1.807) is 23.0 Å². The number of hydrogen-bond acceptors (Lipinski definition) is 3. The minimum absolute atomic E-state index is 0.168. The second-order valence-corrected chi connectivity index (χ2v) is 6.63. The molecule has 6 heteroatoms. The Labute approximate surface area is 166 Å². The van der Waals surface area contributed by atoms with E-state index in [4.69, 9.17) is 0 Å². The number of aromatic nitrogens is 4. The van der Waals surface area contributed by atoms with Crippen molar-refractivity contribution in [3.8, 4) is 17.1 Å². The van der Waals surface area contributed by atoms with E-state index in [2.05, 4.69) is 20.4 Å². The van der Waals surface area contributed by atoms with Crippen molar-refractivity contribution < 1.29 is 4.79 Å². The van der Waals surface area contributed by atoms with E-state index in [1.807, 2.05) is 72.9 Å². The number of anilines is 1. The summed E-state index contributed by atoms with van der Waals surface area (Å²) in [5, 5.41) is 7.14. The van der Waals surface area contributed by atoms with Crippen LogP contribution in [-0.2, 0) is 0 Å². The van der Waals surface area contributed by atoms with Gasteiger partial charge in [-0.05, 0) is 54.6 Å². The lowest BCUT2D eigenvalue weighted by Gasteiger charge is -2.08. The van der Waals surface area contributed by atoms with Crippen LogP contribution in [0, 0.1) is 0 Å². The minimum atomic E-state index is -0.168. The van der Waals surface area contributed by atoms with Gasteiger partial charge in [-0.25, -0.2) is 9.67 Å². The smallest absolute Gasteiger partial charge is 0.255 e. The van der Waals surface area contributed by atoms with E-state index in [0.29, 0.717) is 11.3 Å². The van der Waals surface area contributed by atoms with Gasteiger partial charge in [-0.2, -0.15) is 5.10 Å². The van der Waals surface area contributed by atoms with Crippen LogP contribution in [-0.4, -0.2) is 25.7 Å². The number of amides is 1. The van der Waals surface area contributed by atoms with Crippen LogP contribution >= 0.6 is 0 Å². The second kappa shape index (κ2) is 7.09. The van der Waals surface area contributed by atoms with Crippen molar-refractivity contribution in [3.63, 3.8) is 0 Å². The van der Waals surface area contributed by atoms with Crippen LogP contribution in [0.15, 0.2) is 91.3 Å². The van der Waals surface area contributed by atoms with Gasteiger partial charge in [0.1, 0.15) is 5.82 Å². The molecule has 5 rings (SSSR count). The second-order valence-electron chi connectivity index (χ2n) is 6.63. The van der Waals surface area contributed by atoms with Crippen molar-refractivity contribution in [2.75, 3.05) is 5.32 Å². The number of nitrogens with one attached hydrogen (secondary N) is 2. The molecule has 0 bridgehead atoms. The first-order valence-corrected chi connectivity index (χ1v) is 9.23. The van der Waals surface area contributed by atoms with Crippen LogP contribution in [0.3, 0.4) is 0 Å². The summed E-state index contributed by atoms with van der Waals surface area (Å²) in [6.45, 7) is 0. The maximum atomic E-state index is 12.6. The van der Waals surface area contributed by atoms with Crippen molar-refractivity contribution in [2.45, 2.75) is 0 Å². The normalized spacial score (nSPS) is 10.9. The number of aromatic amines is 1. The predicted molar refractivity (Wildman–Crippen MR) is 113 cm³/mol. The fourth-order valence-corrected chi connectivity index (χ4v) is 3.22. The van der Waals surface area contributed by atoms with Gasteiger partial charge in [0.25, 0.3) is 5.91 Å². The molecule has 0 aliphatic rings. The van der Waals surface area contributed by atoms with Crippen LogP contribution in [0.25, 0.3) is 28.1 Å². The third-order valence-corrected chi connectivity index (χ3v) is 4.68. The number of benzene rings is 3. The van der Waals surface area contributed by atoms with E-state index in [-0.39, 0.29) is 5.91 Å². The van der Waals surface area contributed by atoms with Gasteiger partial charge < -0.3 is 10.3 Å². The molecule has 1 amide bonds. The third-order valence-electron chi connectivity index (χ3n) is 4.68. The summed E-state index contributed by atoms with van der Waals surface area (Å²) in [5.41, 5.74) is 4.99. The molecule has 5 aromatic rings. The summed E-state index contributed by atoms with van der Waals surface area (Å²) >= 11 is 0. The van der Waals surface area contributed by atoms with E-state index >= 15 is 0 Å². The highest BCUT2D eigenvalue weighted by Crippen LogP contribution is 2.23. The largest absolute Gasteiger partial charge is 0.338 e. The van der Waals surface area contributed by atoms with Gasteiger partial charge in [0.05, 0.1) is 16.7 Å². The average Bonchev–Trinajstić information content (AvgIpc) is 3.44. The summed E-state index contributed by atoms with van der Waals surface area (Å²) in [4.78, 5) is 20.6. The topological polar surface area (TPSA) is 75.6 Å². The van der Waals surface area contributed by atoms with Crippen molar-refractivity contribution >= 4 is 22.6 Å². The molecule has 0 saturated heterocycles. The lowest BCUT2D eigenvalue weighted by molar-refractivity contribution is 0.102. The van der Waals surface area contributed by atoms with E-state index in [9.17, 15) is 4.79 Å². The Morgan fingerprint density at radius 2 is 1.79 bits per heavy atom. The van der Waals surface area contributed by atoms with Crippen LogP contribution in [0.1, 0.15) is 10.4 Å². The molecular formula is C23H17N5O. The zero-order valence-electron chi connectivity index (χ0n) is 15.4. The molecular weight excluding hydrogens is 362 g/mol. The first kappa shape index (κ1) is 16.9. The molecule has 2 heterocycles. The third kappa shape index (κ3) is 3.39. The molecule has 0 atom stereocenters. The molecule has 140 valence electrons. The fraction of sp³-hybridized carbons (Fsp3) is 0. The quantitative estimate of drug-likeness (QED) is 0.476. The van der Waals surface area contributed by atoms with E-state index in [1.165, 1.54) is 0 Å². The zero-order chi connectivity index (χ0) is 19.6. The number of para-hydroxylation sites is 2. The number of hydrogen-bond donors (Lipinski definition) is 2. The summed E-state index contributed by atoms with van der Waals surface area (Å²) in [7, 11) is 0. The first-order chi connectivity index (χ1) is 14.3. The number of rotatable bonds is 4. The van der Waals surface area contributed by atoms with E-state index < -0.39 is 0 Å². The maximum Gasteiger partial charge on any atom is 0.255 e. The Hall–Kier alpha value is -4.19. The van der Waals surface area contributed by atoms with E-state index in [0.717, 1.165) is 28.1 Å². The average molecular weight is 379 g/mol. The molecule has 0 unspecified atom stereocenters. The molecule has 0 aliphatic carbocycles. The Morgan fingerprint density at radius 3 is 2.59 bits per heavy atom. The van der Waals surface area contributed by atoms with Gasteiger partial charge in [0, 0.05) is 29.2 Å². The molecule has 0 aliphatic heterocycles. The van der Waals surface area contributed by atoms with Crippen molar-refractivity contribution in [1.29, 1.82) is 0 Å². The van der Waals surface area contributed by atoms with Crippen molar-refractivity contribution in [2.24, 2.45) is 0 Å². The molecule has 0 fully saturated rings. The summed E-state index contributed by atoms with van der Waals surface area (Å²) in [6, 6.07) is 24.7. The number of imidazole rings is 1. The highest BCUT2D eigenvalue weighted by molar-refractivity contribution is 6.04. The Balaban J connectivity index is 1.36. The van der Waals surface area contributed by atoms with Crippen LogP contribution in [0.5, 0.6) is 0 Å². The maximum absolute atomic E-state index is 12.6. The van der Waals surface area contributed by atoms with Gasteiger partial charge >= 0.3 is 0 Å². The number of nitrogens with zero attached hydrogens (tertiary/aromatic N) is 3. The number of H-pyrrole nitrogens is 1. The minimum Gasteiger partial charge on any atom is -0.338 e. The highest BCUT2D eigenvalue weighted by Gasteiger charge is 2.09. The summed E-state index contributed by atoms with van der Waals surface area (Å²) < 4.78 is 1.75. The van der Waals surface area contributed by atoms with Gasteiger partial charge in [-0.1, -0.05) is 24.3 Å². The fourth-order valence-electron chi connectivity index (χ4n) is 3.22. The first-order valence-electron chi connectivity index (χ1n) is 9.23. The van der Waals surface area contributed by atoms with Crippen molar-refractivity contribution in [3.05, 3.63) is 96.8 Å². The number of carbonyl (C=O) groups excluding carboxylic acids is 1. The summed E-state index contributed by atoms with van der Waals surface area (Å²) in [6.07, 6.45) is 3.58. The molecule has 6 nitrogen and oxygen atoms in total. The lowest BCUT2D eigenvalue weighted by Crippen LogP contribution is -2.12. The molecule has 2 N–H and O–H groups in total. The Bertz CT molecular complexity index is 1250. The Morgan fingerprint density at radius 1 is 0.931 bits per heavy atom. The molecule has 2 aromatic heterocycles. The standard InChI is InChI=1S/C23H17N5O/c29-23(16-9-11-19(12-10-16)28-14-4-13-24-28)25-18-6-3-5-17(15-18)22-26-20-7-1-2-8-21(20)27-22/h1-15H,(H,25,29)(H,26,27). The molecule has 3 aromatic carbocycles. The van der Waals surface area contributed by atoms with Gasteiger partial charge in [-0.15, -0.1) is 0 Å². The van der Waals surface area contributed by atoms with Crippen molar-refractivity contribution in [1.82, 2.24) is 19.7 Å². The van der Waals surface area contributed by atoms with Crippen LogP contribution in [0.2, 0.25) is 0 Å².